The number of thiophene rings is 1. The summed E-state index contributed by atoms with van der Waals surface area (Å²) < 4.78 is 1.60. The maximum Gasteiger partial charge on any atom is 0.262 e. The van der Waals surface area contributed by atoms with Gasteiger partial charge in [0.1, 0.15) is 4.83 Å². The third kappa shape index (κ3) is 2.09. The van der Waals surface area contributed by atoms with Crippen LogP contribution in [-0.2, 0) is 12.8 Å². The number of aryl methyl sites for hydroxylation is 1. The van der Waals surface area contributed by atoms with Crippen molar-refractivity contribution >= 4 is 21.6 Å². The molecule has 1 aliphatic carbocycles. The Bertz CT molecular complexity index is 685. The molecule has 0 spiro atoms. The van der Waals surface area contributed by atoms with Crippen molar-refractivity contribution in [2.75, 3.05) is 6.61 Å². The van der Waals surface area contributed by atoms with E-state index in [2.05, 4.69) is 11.9 Å². The number of aliphatic hydroxyl groups excluding tert-OH is 1. The number of hydrogen-bond donors (Lipinski definition) is 1. The molecule has 5 heteroatoms. The maximum absolute atomic E-state index is 12.7. The van der Waals surface area contributed by atoms with Gasteiger partial charge in [-0.2, -0.15) is 0 Å². The second kappa shape index (κ2) is 5.30. The summed E-state index contributed by atoms with van der Waals surface area (Å²) in [7, 11) is 0. The zero-order valence-electron chi connectivity index (χ0n) is 11.9. The lowest BCUT2D eigenvalue weighted by molar-refractivity contribution is 0.221. The van der Waals surface area contributed by atoms with Gasteiger partial charge in [0.2, 0.25) is 0 Å². The monoisotopic (exact) mass is 292 g/mol. The summed E-state index contributed by atoms with van der Waals surface area (Å²) in [4.78, 5) is 19.4. The Kier molecular flexibility index (Phi) is 3.65. The minimum atomic E-state index is -0.169. The summed E-state index contributed by atoms with van der Waals surface area (Å²) in [6.07, 6.45) is 5.51. The van der Waals surface area contributed by atoms with Gasteiger partial charge < -0.3 is 5.11 Å². The molecular formula is C15H20N2O2S. The Labute approximate surface area is 122 Å². The molecule has 0 fully saturated rings. The van der Waals surface area contributed by atoms with E-state index in [0.717, 1.165) is 35.9 Å². The van der Waals surface area contributed by atoms with Gasteiger partial charge in [-0.05, 0) is 37.2 Å². The minimum absolute atomic E-state index is 0.0166. The Hall–Kier alpha value is -1.20. The summed E-state index contributed by atoms with van der Waals surface area (Å²) in [5, 5.41) is 10.2. The molecule has 2 aromatic heterocycles. The Morgan fingerprint density at radius 3 is 3.10 bits per heavy atom. The van der Waals surface area contributed by atoms with Gasteiger partial charge in [0.25, 0.3) is 5.56 Å². The third-order valence-electron chi connectivity index (χ3n) is 4.32. The van der Waals surface area contributed by atoms with Crippen LogP contribution in [0.1, 0.15) is 43.2 Å². The molecule has 0 bridgehead atoms. The first-order valence-electron chi connectivity index (χ1n) is 7.27. The first-order valence-corrected chi connectivity index (χ1v) is 8.09. The predicted octanol–water partition coefficient (Wildman–Crippen LogP) is 2.53. The molecule has 2 atom stereocenters. The molecule has 1 aliphatic rings. The van der Waals surface area contributed by atoms with E-state index in [1.54, 1.807) is 22.2 Å². The quantitative estimate of drug-likeness (QED) is 0.945. The van der Waals surface area contributed by atoms with Crippen LogP contribution in [0.15, 0.2) is 11.1 Å². The lowest BCUT2D eigenvalue weighted by atomic mass is 9.89. The topological polar surface area (TPSA) is 55.1 Å². The second-order valence-corrected chi connectivity index (χ2v) is 6.82. The number of aromatic nitrogens is 2. The number of rotatable bonds is 3. The van der Waals surface area contributed by atoms with Gasteiger partial charge in [-0.15, -0.1) is 11.3 Å². The summed E-state index contributed by atoms with van der Waals surface area (Å²) in [5.41, 5.74) is 1.23. The molecule has 0 radical (unpaired) electrons. The molecule has 0 saturated carbocycles. The van der Waals surface area contributed by atoms with Crippen LogP contribution in [-0.4, -0.2) is 21.3 Å². The van der Waals surface area contributed by atoms with Crippen molar-refractivity contribution in [2.24, 2.45) is 5.92 Å². The van der Waals surface area contributed by atoms with Crippen molar-refractivity contribution in [2.45, 2.75) is 45.6 Å². The molecule has 1 N–H and O–H groups in total. The van der Waals surface area contributed by atoms with Crippen molar-refractivity contribution in [1.29, 1.82) is 0 Å². The molecule has 108 valence electrons. The smallest absolute Gasteiger partial charge is 0.262 e. The highest BCUT2D eigenvalue weighted by Crippen LogP contribution is 2.35. The molecule has 3 rings (SSSR count). The fourth-order valence-corrected chi connectivity index (χ4v) is 4.36. The van der Waals surface area contributed by atoms with Crippen molar-refractivity contribution in [3.8, 4) is 0 Å². The highest BCUT2D eigenvalue weighted by Gasteiger charge is 2.24. The molecule has 2 heterocycles. The molecule has 0 unspecified atom stereocenters. The fourth-order valence-electron chi connectivity index (χ4n) is 3.02. The van der Waals surface area contributed by atoms with Crippen LogP contribution < -0.4 is 5.56 Å². The van der Waals surface area contributed by atoms with E-state index in [1.165, 1.54) is 10.4 Å². The van der Waals surface area contributed by atoms with E-state index in [-0.39, 0.29) is 18.2 Å². The van der Waals surface area contributed by atoms with Gasteiger partial charge in [0.15, 0.2) is 0 Å². The van der Waals surface area contributed by atoms with Gasteiger partial charge >= 0.3 is 0 Å². The van der Waals surface area contributed by atoms with Crippen LogP contribution in [0.4, 0.5) is 0 Å². The summed E-state index contributed by atoms with van der Waals surface area (Å²) >= 11 is 1.67. The van der Waals surface area contributed by atoms with E-state index in [4.69, 9.17) is 0 Å². The largest absolute Gasteiger partial charge is 0.394 e. The van der Waals surface area contributed by atoms with E-state index < -0.39 is 0 Å². The van der Waals surface area contributed by atoms with Crippen LogP contribution in [0.3, 0.4) is 0 Å². The Morgan fingerprint density at radius 2 is 2.40 bits per heavy atom. The average Bonchev–Trinajstić information content (AvgIpc) is 2.80. The van der Waals surface area contributed by atoms with Gasteiger partial charge in [0.05, 0.1) is 24.4 Å². The van der Waals surface area contributed by atoms with Crippen molar-refractivity contribution in [3.63, 3.8) is 0 Å². The van der Waals surface area contributed by atoms with Gasteiger partial charge in [-0.3, -0.25) is 9.36 Å². The summed E-state index contributed by atoms with van der Waals surface area (Å²) in [6, 6.07) is -0.169. The Morgan fingerprint density at radius 1 is 1.60 bits per heavy atom. The zero-order valence-corrected chi connectivity index (χ0v) is 12.7. The third-order valence-corrected chi connectivity index (χ3v) is 5.48. The molecule has 0 amide bonds. The molecule has 0 aliphatic heterocycles. The van der Waals surface area contributed by atoms with Gasteiger partial charge in [-0.25, -0.2) is 4.98 Å². The molecule has 0 aromatic carbocycles. The van der Waals surface area contributed by atoms with Crippen molar-refractivity contribution < 1.29 is 5.11 Å². The summed E-state index contributed by atoms with van der Waals surface area (Å²) in [5.74, 6) is 0.693. The zero-order chi connectivity index (χ0) is 14.3. The fraction of sp³-hybridized carbons (Fsp3) is 0.600. The first-order chi connectivity index (χ1) is 9.65. The van der Waals surface area contributed by atoms with Crippen LogP contribution in [0.2, 0.25) is 0 Å². The normalized spacial score (nSPS) is 20.1. The van der Waals surface area contributed by atoms with Crippen LogP contribution in [0, 0.1) is 5.92 Å². The average molecular weight is 292 g/mol. The molecule has 2 aromatic rings. The molecular weight excluding hydrogens is 272 g/mol. The highest BCUT2D eigenvalue weighted by atomic mass is 32.1. The SMILES string of the molecule is CC[C@H](CO)n1cnc2sc3c(c2c1=O)CC[C@H](C)C3. The van der Waals surface area contributed by atoms with Gasteiger partial charge in [-0.1, -0.05) is 13.8 Å². The van der Waals surface area contributed by atoms with Crippen molar-refractivity contribution in [1.82, 2.24) is 9.55 Å². The molecule has 20 heavy (non-hydrogen) atoms. The minimum Gasteiger partial charge on any atom is -0.394 e. The van der Waals surface area contributed by atoms with Crippen LogP contribution in [0.25, 0.3) is 10.2 Å². The summed E-state index contributed by atoms with van der Waals surface area (Å²) in [6.45, 7) is 4.22. The Balaban J connectivity index is 2.20. The number of hydrogen-bond acceptors (Lipinski definition) is 4. The maximum atomic E-state index is 12.7. The number of nitrogens with zero attached hydrogens (tertiary/aromatic N) is 2. The standard InChI is InChI=1S/C15H20N2O2S/c1-3-10(7-18)17-8-16-14-13(15(17)19)11-5-4-9(2)6-12(11)20-14/h8-10,18H,3-7H2,1-2H3/t9-,10+/m0/s1. The number of fused-ring (bicyclic) bond motifs is 3. The van der Waals surface area contributed by atoms with Crippen molar-refractivity contribution in [3.05, 3.63) is 27.1 Å². The van der Waals surface area contributed by atoms with Crippen LogP contribution in [0.5, 0.6) is 0 Å². The molecule has 0 saturated heterocycles. The lowest BCUT2D eigenvalue weighted by Gasteiger charge is -2.18. The van der Waals surface area contributed by atoms with E-state index in [0.29, 0.717) is 5.92 Å². The lowest BCUT2D eigenvalue weighted by Crippen LogP contribution is -2.27. The second-order valence-electron chi connectivity index (χ2n) is 5.73. The van der Waals surface area contributed by atoms with E-state index in [9.17, 15) is 9.90 Å². The van der Waals surface area contributed by atoms with Gasteiger partial charge in [0, 0.05) is 4.88 Å². The van der Waals surface area contributed by atoms with E-state index >= 15 is 0 Å². The van der Waals surface area contributed by atoms with E-state index in [1.807, 2.05) is 6.92 Å². The molecule has 4 nitrogen and oxygen atoms in total. The predicted molar refractivity (Wildman–Crippen MR) is 81.5 cm³/mol. The highest BCUT2D eigenvalue weighted by molar-refractivity contribution is 7.18. The first kappa shape index (κ1) is 13.8. The number of aliphatic hydroxyl groups is 1. The van der Waals surface area contributed by atoms with Crippen LogP contribution >= 0.6 is 11.3 Å².